The van der Waals surface area contributed by atoms with Crippen LogP contribution in [0.25, 0.3) is 5.52 Å². The highest BCUT2D eigenvalue weighted by Gasteiger charge is 2.25. The van der Waals surface area contributed by atoms with Crippen molar-refractivity contribution in [3.05, 3.63) is 29.7 Å². The Balaban J connectivity index is 2.15. The number of imidazole rings is 1. The molecular weight excluding hydrogens is 270 g/mol. The molecule has 0 saturated carbocycles. The van der Waals surface area contributed by atoms with Crippen LogP contribution in [0, 0.1) is 0 Å². The number of esters is 1. The SMILES string of the molecule is COC(=O)c1nc(C2CCCCNC2)n2c(O)cccc12. The van der Waals surface area contributed by atoms with E-state index < -0.39 is 5.97 Å². The number of aromatic nitrogens is 2. The van der Waals surface area contributed by atoms with Crippen LogP contribution in [0.15, 0.2) is 18.2 Å². The number of carbonyl (C=O) groups is 1. The second-order valence-corrected chi connectivity index (χ2v) is 5.31. The van der Waals surface area contributed by atoms with Gasteiger partial charge in [-0.05, 0) is 31.5 Å². The Hall–Kier alpha value is -2.08. The molecule has 1 saturated heterocycles. The molecule has 2 aromatic heterocycles. The Kier molecular flexibility index (Phi) is 3.79. The maximum atomic E-state index is 11.9. The van der Waals surface area contributed by atoms with E-state index in [1.807, 2.05) is 0 Å². The van der Waals surface area contributed by atoms with Gasteiger partial charge in [-0.3, -0.25) is 4.40 Å². The summed E-state index contributed by atoms with van der Waals surface area (Å²) in [5.41, 5.74) is 0.841. The maximum absolute atomic E-state index is 11.9. The normalized spacial score (nSPS) is 19.4. The minimum atomic E-state index is -0.481. The first kappa shape index (κ1) is 13.9. The predicted molar refractivity (Wildman–Crippen MR) is 77.7 cm³/mol. The monoisotopic (exact) mass is 289 g/mol. The predicted octanol–water partition coefficient (Wildman–Crippen LogP) is 1.68. The number of hydrogen-bond acceptors (Lipinski definition) is 5. The molecule has 6 heteroatoms. The van der Waals surface area contributed by atoms with E-state index in [2.05, 4.69) is 10.3 Å². The van der Waals surface area contributed by atoms with Crippen LogP contribution in [0.3, 0.4) is 0 Å². The molecule has 2 aromatic rings. The number of fused-ring (bicyclic) bond motifs is 1. The fourth-order valence-corrected chi connectivity index (χ4v) is 2.91. The highest BCUT2D eigenvalue weighted by molar-refractivity contribution is 5.95. The number of methoxy groups -OCH3 is 1. The third kappa shape index (κ3) is 2.47. The third-order valence-corrected chi connectivity index (χ3v) is 3.96. The van der Waals surface area contributed by atoms with Crippen molar-refractivity contribution in [1.82, 2.24) is 14.7 Å². The van der Waals surface area contributed by atoms with E-state index >= 15 is 0 Å². The molecule has 3 heterocycles. The molecule has 3 rings (SSSR count). The van der Waals surface area contributed by atoms with Gasteiger partial charge in [0.15, 0.2) is 11.6 Å². The van der Waals surface area contributed by atoms with Gasteiger partial charge in [0.2, 0.25) is 0 Å². The standard InChI is InChI=1S/C15H19N3O3/c1-21-15(20)13-11-6-4-7-12(19)18(11)14(17-13)10-5-2-3-8-16-9-10/h4,6-7,10,16,19H,2-3,5,8-9H2,1H3. The average Bonchev–Trinajstić information content (AvgIpc) is 2.70. The summed E-state index contributed by atoms with van der Waals surface area (Å²) in [6.07, 6.45) is 3.23. The van der Waals surface area contributed by atoms with Crippen LogP contribution in [0.1, 0.15) is 41.5 Å². The Labute approximate surface area is 122 Å². The molecule has 0 aromatic carbocycles. The Bertz CT molecular complexity index is 657. The second kappa shape index (κ2) is 5.73. The van der Waals surface area contributed by atoms with Gasteiger partial charge in [0, 0.05) is 12.5 Å². The first-order valence-electron chi connectivity index (χ1n) is 7.21. The largest absolute Gasteiger partial charge is 0.494 e. The Morgan fingerprint density at radius 2 is 2.33 bits per heavy atom. The second-order valence-electron chi connectivity index (χ2n) is 5.31. The average molecular weight is 289 g/mol. The van der Waals surface area contributed by atoms with Gasteiger partial charge in [-0.15, -0.1) is 0 Å². The Morgan fingerprint density at radius 1 is 1.48 bits per heavy atom. The van der Waals surface area contributed by atoms with E-state index in [4.69, 9.17) is 4.74 Å². The summed E-state index contributed by atoms with van der Waals surface area (Å²) in [5, 5.41) is 13.6. The number of rotatable bonds is 2. The lowest BCUT2D eigenvalue weighted by Crippen LogP contribution is -2.20. The molecule has 0 amide bonds. The molecule has 2 N–H and O–H groups in total. The number of aromatic hydroxyl groups is 1. The molecule has 1 aliphatic heterocycles. The van der Waals surface area contributed by atoms with Gasteiger partial charge >= 0.3 is 5.97 Å². The zero-order valence-electron chi connectivity index (χ0n) is 12.0. The van der Waals surface area contributed by atoms with Crippen molar-refractivity contribution >= 4 is 11.5 Å². The minimum Gasteiger partial charge on any atom is -0.494 e. The lowest BCUT2D eigenvalue weighted by atomic mass is 10.0. The van der Waals surface area contributed by atoms with Gasteiger partial charge < -0.3 is 15.2 Å². The van der Waals surface area contributed by atoms with Crippen LogP contribution in [-0.4, -0.2) is 40.7 Å². The van der Waals surface area contributed by atoms with Crippen molar-refractivity contribution in [2.24, 2.45) is 0 Å². The third-order valence-electron chi connectivity index (χ3n) is 3.96. The molecule has 0 spiro atoms. The van der Waals surface area contributed by atoms with E-state index in [0.717, 1.165) is 38.2 Å². The fraction of sp³-hybridized carbons (Fsp3) is 0.467. The fourth-order valence-electron chi connectivity index (χ4n) is 2.91. The molecule has 0 radical (unpaired) electrons. The molecule has 21 heavy (non-hydrogen) atoms. The molecule has 1 aliphatic rings. The highest BCUT2D eigenvalue weighted by atomic mass is 16.5. The van der Waals surface area contributed by atoms with E-state index in [1.165, 1.54) is 7.11 Å². The van der Waals surface area contributed by atoms with Crippen molar-refractivity contribution in [2.45, 2.75) is 25.2 Å². The zero-order chi connectivity index (χ0) is 14.8. The van der Waals surface area contributed by atoms with Gasteiger partial charge in [0.1, 0.15) is 5.82 Å². The van der Waals surface area contributed by atoms with Crippen molar-refractivity contribution in [3.8, 4) is 5.88 Å². The summed E-state index contributed by atoms with van der Waals surface area (Å²) in [6, 6.07) is 5.07. The van der Waals surface area contributed by atoms with Gasteiger partial charge in [-0.1, -0.05) is 12.5 Å². The number of pyridine rings is 1. The summed E-state index contributed by atoms with van der Waals surface area (Å²) in [5.74, 6) is 0.505. The number of hydrogen-bond donors (Lipinski definition) is 2. The van der Waals surface area contributed by atoms with Crippen LogP contribution in [-0.2, 0) is 4.74 Å². The quantitative estimate of drug-likeness (QED) is 0.823. The Morgan fingerprint density at radius 3 is 3.14 bits per heavy atom. The molecule has 1 unspecified atom stereocenters. The molecule has 112 valence electrons. The zero-order valence-corrected chi connectivity index (χ0v) is 12.0. The van der Waals surface area contributed by atoms with Crippen molar-refractivity contribution in [1.29, 1.82) is 0 Å². The van der Waals surface area contributed by atoms with Crippen molar-refractivity contribution in [2.75, 3.05) is 20.2 Å². The van der Waals surface area contributed by atoms with Crippen LogP contribution in [0.5, 0.6) is 5.88 Å². The number of carbonyl (C=O) groups excluding carboxylic acids is 1. The van der Waals surface area contributed by atoms with Gasteiger partial charge in [0.25, 0.3) is 0 Å². The molecule has 0 bridgehead atoms. The molecule has 0 aliphatic carbocycles. The molecule has 1 fully saturated rings. The lowest BCUT2D eigenvalue weighted by Gasteiger charge is -2.13. The van der Waals surface area contributed by atoms with Gasteiger partial charge in [0.05, 0.1) is 12.6 Å². The van der Waals surface area contributed by atoms with Crippen LogP contribution in [0.2, 0.25) is 0 Å². The number of ether oxygens (including phenoxy) is 1. The van der Waals surface area contributed by atoms with Crippen LogP contribution < -0.4 is 5.32 Å². The number of nitrogens with zero attached hydrogens (tertiary/aromatic N) is 2. The smallest absolute Gasteiger partial charge is 0.358 e. The van der Waals surface area contributed by atoms with Crippen molar-refractivity contribution < 1.29 is 14.6 Å². The summed E-state index contributed by atoms with van der Waals surface area (Å²) < 4.78 is 6.45. The van der Waals surface area contributed by atoms with E-state index in [-0.39, 0.29) is 17.5 Å². The van der Waals surface area contributed by atoms with E-state index in [1.54, 1.807) is 22.6 Å². The maximum Gasteiger partial charge on any atom is 0.358 e. The minimum absolute atomic E-state index is 0.0920. The summed E-state index contributed by atoms with van der Waals surface area (Å²) in [6.45, 7) is 1.80. The molecule has 1 atom stereocenters. The first-order chi connectivity index (χ1) is 10.2. The van der Waals surface area contributed by atoms with Crippen LogP contribution in [0.4, 0.5) is 0 Å². The summed E-state index contributed by atoms with van der Waals surface area (Å²) >= 11 is 0. The lowest BCUT2D eigenvalue weighted by molar-refractivity contribution is 0.0596. The van der Waals surface area contributed by atoms with E-state index in [0.29, 0.717) is 5.52 Å². The summed E-state index contributed by atoms with van der Waals surface area (Å²) in [7, 11) is 1.34. The number of nitrogens with one attached hydrogen (secondary N) is 1. The van der Waals surface area contributed by atoms with Gasteiger partial charge in [-0.2, -0.15) is 0 Å². The highest BCUT2D eigenvalue weighted by Crippen LogP contribution is 2.28. The van der Waals surface area contributed by atoms with Crippen molar-refractivity contribution in [3.63, 3.8) is 0 Å². The molecular formula is C15H19N3O3. The first-order valence-corrected chi connectivity index (χ1v) is 7.21. The topological polar surface area (TPSA) is 75.9 Å². The van der Waals surface area contributed by atoms with Gasteiger partial charge in [-0.25, -0.2) is 9.78 Å². The summed E-state index contributed by atoms with van der Waals surface area (Å²) in [4.78, 5) is 16.4. The van der Waals surface area contributed by atoms with Crippen LogP contribution >= 0.6 is 0 Å². The molecule has 6 nitrogen and oxygen atoms in total. The van der Waals surface area contributed by atoms with E-state index in [9.17, 15) is 9.90 Å².